The highest BCUT2D eigenvalue weighted by atomic mass is 15.2. The van der Waals surface area contributed by atoms with Gasteiger partial charge in [-0.3, -0.25) is 0 Å². The summed E-state index contributed by atoms with van der Waals surface area (Å²) in [6.07, 6.45) is 5.15. The van der Waals surface area contributed by atoms with Crippen LogP contribution in [0.4, 0.5) is 5.69 Å². The number of anilines is 1. The molecule has 2 nitrogen and oxygen atoms in total. The molecule has 0 aromatic heterocycles. The van der Waals surface area contributed by atoms with Crippen molar-refractivity contribution in [2.75, 3.05) is 24.5 Å². The molecule has 2 aliphatic rings. The molecular formula is C14H20N2. The summed E-state index contributed by atoms with van der Waals surface area (Å²) in [5.74, 6) is 0.702. The predicted molar refractivity (Wildman–Crippen MR) is 67.8 cm³/mol. The van der Waals surface area contributed by atoms with E-state index in [1.54, 1.807) is 11.1 Å². The van der Waals surface area contributed by atoms with Crippen molar-refractivity contribution in [2.24, 2.45) is 11.7 Å². The van der Waals surface area contributed by atoms with Crippen LogP contribution in [-0.4, -0.2) is 19.6 Å². The number of benzene rings is 1. The fourth-order valence-electron chi connectivity index (χ4n) is 3.01. The molecule has 0 spiro atoms. The van der Waals surface area contributed by atoms with E-state index in [2.05, 4.69) is 23.1 Å². The number of nitrogens with two attached hydrogens (primary N) is 1. The number of hydrogen-bond donors (Lipinski definition) is 1. The van der Waals surface area contributed by atoms with Crippen molar-refractivity contribution in [3.05, 3.63) is 29.3 Å². The van der Waals surface area contributed by atoms with E-state index in [1.165, 1.54) is 37.9 Å². The van der Waals surface area contributed by atoms with Gasteiger partial charge in [-0.1, -0.05) is 6.07 Å². The number of rotatable bonds is 2. The monoisotopic (exact) mass is 216 g/mol. The molecule has 1 heterocycles. The Labute approximate surface area is 97.4 Å². The van der Waals surface area contributed by atoms with E-state index < -0.39 is 0 Å². The van der Waals surface area contributed by atoms with E-state index in [-0.39, 0.29) is 0 Å². The van der Waals surface area contributed by atoms with Gasteiger partial charge in [0.2, 0.25) is 0 Å². The van der Waals surface area contributed by atoms with Crippen LogP contribution in [0.15, 0.2) is 18.2 Å². The van der Waals surface area contributed by atoms with Gasteiger partial charge < -0.3 is 10.6 Å². The topological polar surface area (TPSA) is 29.3 Å². The van der Waals surface area contributed by atoms with Crippen molar-refractivity contribution >= 4 is 5.69 Å². The Morgan fingerprint density at radius 3 is 2.94 bits per heavy atom. The lowest BCUT2D eigenvalue weighted by Gasteiger charge is -2.19. The lowest BCUT2D eigenvalue weighted by molar-refractivity contribution is 0.602. The minimum atomic E-state index is 0.702. The predicted octanol–water partition coefficient (Wildman–Crippen LogP) is 1.96. The largest absolute Gasteiger partial charge is 0.371 e. The standard InChI is InChI=1S/C14H20N2/c15-9-11-6-7-16(10-11)14-5-4-12-2-1-3-13(12)8-14/h4-5,8,11H,1-3,6-7,9-10,15H2. The zero-order chi connectivity index (χ0) is 11.0. The van der Waals surface area contributed by atoms with Crippen LogP contribution in [-0.2, 0) is 12.8 Å². The third-order valence-corrected chi connectivity index (χ3v) is 4.07. The van der Waals surface area contributed by atoms with Crippen LogP contribution < -0.4 is 10.6 Å². The van der Waals surface area contributed by atoms with Gasteiger partial charge in [-0.2, -0.15) is 0 Å². The van der Waals surface area contributed by atoms with Crippen molar-refractivity contribution in [1.82, 2.24) is 0 Å². The van der Waals surface area contributed by atoms with Gasteiger partial charge in [-0.05, 0) is 61.4 Å². The fraction of sp³-hybridized carbons (Fsp3) is 0.571. The van der Waals surface area contributed by atoms with Gasteiger partial charge in [0.15, 0.2) is 0 Å². The summed E-state index contributed by atoms with van der Waals surface area (Å²) in [5.41, 5.74) is 10.3. The van der Waals surface area contributed by atoms with Crippen LogP contribution in [0.25, 0.3) is 0 Å². The molecule has 1 aromatic rings. The lowest BCUT2D eigenvalue weighted by atomic mass is 10.1. The summed E-state index contributed by atoms with van der Waals surface area (Å²) in [5, 5.41) is 0. The average molecular weight is 216 g/mol. The van der Waals surface area contributed by atoms with Crippen LogP contribution in [0.3, 0.4) is 0 Å². The van der Waals surface area contributed by atoms with Crippen LogP contribution in [0.1, 0.15) is 24.0 Å². The van der Waals surface area contributed by atoms with Crippen molar-refractivity contribution in [2.45, 2.75) is 25.7 Å². The first-order valence-electron chi connectivity index (χ1n) is 6.43. The molecule has 86 valence electrons. The molecule has 2 N–H and O–H groups in total. The molecular weight excluding hydrogens is 196 g/mol. The van der Waals surface area contributed by atoms with Crippen molar-refractivity contribution in [1.29, 1.82) is 0 Å². The summed E-state index contributed by atoms with van der Waals surface area (Å²) in [7, 11) is 0. The molecule has 1 aromatic carbocycles. The number of hydrogen-bond acceptors (Lipinski definition) is 2. The third-order valence-electron chi connectivity index (χ3n) is 4.07. The highest BCUT2D eigenvalue weighted by molar-refractivity contribution is 5.53. The maximum atomic E-state index is 5.74. The van der Waals surface area contributed by atoms with Crippen LogP contribution in [0.2, 0.25) is 0 Å². The third kappa shape index (κ3) is 1.71. The van der Waals surface area contributed by atoms with Gasteiger partial charge in [0.1, 0.15) is 0 Å². The molecule has 3 rings (SSSR count). The Morgan fingerprint density at radius 2 is 2.12 bits per heavy atom. The first kappa shape index (κ1) is 10.2. The molecule has 0 saturated carbocycles. The second-order valence-corrected chi connectivity index (χ2v) is 5.14. The first-order chi connectivity index (χ1) is 7.86. The summed E-state index contributed by atoms with van der Waals surface area (Å²) in [4.78, 5) is 2.50. The smallest absolute Gasteiger partial charge is 0.0369 e. The molecule has 0 bridgehead atoms. The quantitative estimate of drug-likeness (QED) is 0.819. The van der Waals surface area contributed by atoms with Crippen LogP contribution >= 0.6 is 0 Å². The Bertz CT molecular complexity index is 386. The number of nitrogens with zero attached hydrogens (tertiary/aromatic N) is 1. The SMILES string of the molecule is NCC1CCN(c2ccc3c(c2)CCC3)C1. The van der Waals surface area contributed by atoms with E-state index in [1.807, 2.05) is 0 Å². The van der Waals surface area contributed by atoms with E-state index >= 15 is 0 Å². The Hall–Kier alpha value is -1.02. The molecule has 1 saturated heterocycles. The van der Waals surface area contributed by atoms with Gasteiger partial charge in [-0.25, -0.2) is 0 Å². The van der Waals surface area contributed by atoms with Crippen LogP contribution in [0.5, 0.6) is 0 Å². The van der Waals surface area contributed by atoms with Crippen molar-refractivity contribution in [3.63, 3.8) is 0 Å². The molecule has 0 radical (unpaired) electrons. The summed E-state index contributed by atoms with van der Waals surface area (Å²) < 4.78 is 0. The Kier molecular flexibility index (Phi) is 2.60. The molecule has 2 heteroatoms. The van der Waals surface area contributed by atoms with Gasteiger partial charge in [-0.15, -0.1) is 0 Å². The molecule has 1 atom stereocenters. The maximum Gasteiger partial charge on any atom is 0.0369 e. The van der Waals surface area contributed by atoms with Crippen LogP contribution in [0, 0.1) is 5.92 Å². The molecule has 1 fully saturated rings. The van der Waals surface area contributed by atoms with E-state index in [0.717, 1.165) is 13.1 Å². The Morgan fingerprint density at radius 1 is 1.25 bits per heavy atom. The zero-order valence-corrected chi connectivity index (χ0v) is 9.78. The number of fused-ring (bicyclic) bond motifs is 1. The number of aryl methyl sites for hydroxylation is 2. The normalized spacial score (nSPS) is 23.8. The lowest BCUT2D eigenvalue weighted by Crippen LogP contribution is -2.22. The molecule has 1 aliphatic carbocycles. The highest BCUT2D eigenvalue weighted by Crippen LogP contribution is 2.29. The fourth-order valence-corrected chi connectivity index (χ4v) is 3.01. The molecule has 0 amide bonds. The van der Waals surface area contributed by atoms with Gasteiger partial charge in [0, 0.05) is 18.8 Å². The summed E-state index contributed by atoms with van der Waals surface area (Å²) in [6, 6.07) is 7.03. The highest BCUT2D eigenvalue weighted by Gasteiger charge is 2.22. The van der Waals surface area contributed by atoms with E-state index in [0.29, 0.717) is 5.92 Å². The zero-order valence-electron chi connectivity index (χ0n) is 9.78. The average Bonchev–Trinajstić information content (AvgIpc) is 2.96. The van der Waals surface area contributed by atoms with E-state index in [4.69, 9.17) is 5.73 Å². The van der Waals surface area contributed by atoms with Crippen molar-refractivity contribution in [3.8, 4) is 0 Å². The molecule has 16 heavy (non-hydrogen) atoms. The second-order valence-electron chi connectivity index (χ2n) is 5.14. The minimum absolute atomic E-state index is 0.702. The summed E-state index contributed by atoms with van der Waals surface area (Å²) in [6.45, 7) is 3.16. The minimum Gasteiger partial charge on any atom is -0.371 e. The second kappa shape index (κ2) is 4.10. The van der Waals surface area contributed by atoms with E-state index in [9.17, 15) is 0 Å². The summed E-state index contributed by atoms with van der Waals surface area (Å²) >= 11 is 0. The van der Waals surface area contributed by atoms with Gasteiger partial charge in [0.05, 0.1) is 0 Å². The Balaban J connectivity index is 1.80. The first-order valence-corrected chi connectivity index (χ1v) is 6.43. The molecule has 1 unspecified atom stereocenters. The van der Waals surface area contributed by atoms with Gasteiger partial charge in [0.25, 0.3) is 0 Å². The van der Waals surface area contributed by atoms with Gasteiger partial charge >= 0.3 is 0 Å². The molecule has 1 aliphatic heterocycles. The maximum absolute atomic E-state index is 5.74. The van der Waals surface area contributed by atoms with Crippen molar-refractivity contribution < 1.29 is 0 Å².